The number of alkyl halides is 3. The molecule has 0 aromatic carbocycles. The minimum Gasteiger partial charge on any atom is -0.462 e. The van der Waals surface area contributed by atoms with Crippen LogP contribution in [-0.2, 0) is 11.2 Å². The van der Waals surface area contributed by atoms with E-state index in [1.807, 2.05) is 0 Å². The fraction of sp³-hybridized carbons (Fsp3) is 0.364. The Kier molecular flexibility index (Phi) is 4.29. The summed E-state index contributed by atoms with van der Waals surface area (Å²) in [4.78, 5) is 15.4. The van der Waals surface area contributed by atoms with E-state index in [9.17, 15) is 18.0 Å². The molecule has 2 heterocycles. The Morgan fingerprint density at radius 3 is 2.67 bits per heavy atom. The number of hydrogen-bond acceptors (Lipinski definition) is 4. The van der Waals surface area contributed by atoms with E-state index in [0.29, 0.717) is 0 Å². The van der Waals surface area contributed by atoms with Gasteiger partial charge in [0.25, 0.3) is 0 Å². The Labute approximate surface area is 126 Å². The topological polar surface area (TPSA) is 56.5 Å². The SMILES string of the molecule is CCOC(=O)c1cnn2c(Cl)c(CC(F)(F)F)c(Cl)nc12. The largest absolute Gasteiger partial charge is 0.462 e. The second-order valence-corrected chi connectivity index (χ2v) is 4.69. The lowest BCUT2D eigenvalue weighted by Gasteiger charge is -2.10. The van der Waals surface area contributed by atoms with Crippen molar-refractivity contribution in [1.29, 1.82) is 0 Å². The van der Waals surface area contributed by atoms with Crippen molar-refractivity contribution in [2.75, 3.05) is 6.61 Å². The lowest BCUT2D eigenvalue weighted by atomic mass is 10.2. The van der Waals surface area contributed by atoms with E-state index in [0.717, 1.165) is 10.7 Å². The zero-order chi connectivity index (χ0) is 15.8. The predicted molar refractivity (Wildman–Crippen MR) is 68.7 cm³/mol. The van der Waals surface area contributed by atoms with Gasteiger partial charge >= 0.3 is 12.1 Å². The number of aromatic nitrogens is 3. The first kappa shape index (κ1) is 15.8. The minimum absolute atomic E-state index is 0.0285. The Bertz CT molecular complexity index is 700. The molecule has 0 unspecified atom stereocenters. The fourth-order valence-electron chi connectivity index (χ4n) is 1.67. The van der Waals surface area contributed by atoms with Crippen LogP contribution in [0.3, 0.4) is 0 Å². The Morgan fingerprint density at radius 1 is 1.43 bits per heavy atom. The number of nitrogens with zero attached hydrogens (tertiary/aromatic N) is 3. The molecule has 0 fully saturated rings. The second-order valence-electron chi connectivity index (χ2n) is 3.98. The highest BCUT2D eigenvalue weighted by Crippen LogP contribution is 2.31. The van der Waals surface area contributed by atoms with Crippen LogP contribution in [0.15, 0.2) is 6.20 Å². The first-order chi connectivity index (χ1) is 9.74. The van der Waals surface area contributed by atoms with Crippen molar-refractivity contribution >= 4 is 34.8 Å². The Morgan fingerprint density at radius 2 is 2.10 bits per heavy atom. The van der Waals surface area contributed by atoms with Crippen LogP contribution in [0.5, 0.6) is 0 Å². The highest BCUT2D eigenvalue weighted by atomic mass is 35.5. The summed E-state index contributed by atoms with van der Waals surface area (Å²) in [5.74, 6) is -0.712. The molecule has 0 spiro atoms. The maximum Gasteiger partial charge on any atom is 0.393 e. The molecular formula is C11H8Cl2F3N3O2. The second kappa shape index (κ2) is 5.69. The van der Waals surface area contributed by atoms with E-state index in [4.69, 9.17) is 27.9 Å². The molecule has 5 nitrogen and oxygen atoms in total. The molecule has 114 valence electrons. The summed E-state index contributed by atoms with van der Waals surface area (Å²) in [6.07, 6.45) is -4.73. The maximum absolute atomic E-state index is 12.5. The third-order valence-electron chi connectivity index (χ3n) is 2.50. The summed E-state index contributed by atoms with van der Waals surface area (Å²) in [6, 6.07) is 0. The average molecular weight is 342 g/mol. The summed E-state index contributed by atoms with van der Waals surface area (Å²) < 4.78 is 43.2. The van der Waals surface area contributed by atoms with Gasteiger partial charge in [-0.15, -0.1) is 0 Å². The van der Waals surface area contributed by atoms with Crippen molar-refractivity contribution in [2.24, 2.45) is 0 Å². The molecule has 2 aromatic heterocycles. The van der Waals surface area contributed by atoms with E-state index < -0.39 is 29.3 Å². The van der Waals surface area contributed by atoms with Crippen LogP contribution in [0.25, 0.3) is 5.65 Å². The number of hydrogen-bond donors (Lipinski definition) is 0. The van der Waals surface area contributed by atoms with Crippen molar-refractivity contribution in [3.05, 3.63) is 27.6 Å². The third kappa shape index (κ3) is 3.21. The number of carbonyl (C=O) groups excluding carboxylic acids is 1. The highest BCUT2D eigenvalue weighted by molar-refractivity contribution is 6.35. The van der Waals surface area contributed by atoms with Gasteiger partial charge < -0.3 is 4.74 Å². The van der Waals surface area contributed by atoms with Crippen molar-refractivity contribution in [3.8, 4) is 0 Å². The van der Waals surface area contributed by atoms with Crippen LogP contribution in [0.1, 0.15) is 22.8 Å². The van der Waals surface area contributed by atoms with Crippen LogP contribution in [0.2, 0.25) is 10.3 Å². The third-order valence-corrected chi connectivity index (χ3v) is 3.21. The Balaban J connectivity index is 2.57. The van der Waals surface area contributed by atoms with E-state index in [1.54, 1.807) is 6.92 Å². The van der Waals surface area contributed by atoms with Gasteiger partial charge in [-0.05, 0) is 6.92 Å². The first-order valence-corrected chi connectivity index (χ1v) is 6.45. The molecule has 0 bridgehead atoms. The molecule has 0 aliphatic rings. The maximum atomic E-state index is 12.5. The summed E-state index contributed by atoms with van der Waals surface area (Å²) in [7, 11) is 0. The molecule has 0 saturated carbocycles. The number of carbonyl (C=O) groups is 1. The fourth-order valence-corrected chi connectivity index (χ4v) is 2.23. The van der Waals surface area contributed by atoms with Gasteiger partial charge in [-0.2, -0.15) is 18.3 Å². The Hall–Kier alpha value is -1.54. The number of ether oxygens (including phenoxy) is 1. The van der Waals surface area contributed by atoms with Crippen molar-refractivity contribution < 1.29 is 22.7 Å². The molecule has 10 heteroatoms. The molecule has 0 N–H and O–H groups in total. The normalized spacial score (nSPS) is 11.9. The zero-order valence-corrected chi connectivity index (χ0v) is 12.1. The van der Waals surface area contributed by atoms with Gasteiger partial charge in [0.1, 0.15) is 15.9 Å². The summed E-state index contributed by atoms with van der Waals surface area (Å²) in [5, 5.41) is 2.97. The van der Waals surface area contributed by atoms with Crippen LogP contribution < -0.4 is 0 Å². The van der Waals surface area contributed by atoms with Gasteiger partial charge in [0.15, 0.2) is 5.65 Å². The smallest absolute Gasteiger partial charge is 0.393 e. The van der Waals surface area contributed by atoms with Gasteiger partial charge in [-0.1, -0.05) is 23.2 Å². The van der Waals surface area contributed by atoms with Gasteiger partial charge in [-0.25, -0.2) is 14.3 Å². The van der Waals surface area contributed by atoms with Crippen LogP contribution in [-0.4, -0.2) is 33.4 Å². The minimum atomic E-state index is -4.50. The standard InChI is InChI=1S/C11H8Cl2F3N3O2/c1-2-21-10(20)6-4-17-19-8(13)5(3-11(14,15)16)7(12)18-9(6)19/h4H,2-3H2,1H3. The van der Waals surface area contributed by atoms with Gasteiger partial charge in [0, 0.05) is 5.56 Å². The average Bonchev–Trinajstić information content (AvgIpc) is 2.77. The van der Waals surface area contributed by atoms with E-state index in [2.05, 4.69) is 10.1 Å². The molecule has 2 aromatic rings. The molecule has 0 aliphatic heterocycles. The molecule has 0 amide bonds. The summed E-state index contributed by atoms with van der Waals surface area (Å²) in [5.41, 5.74) is -0.495. The van der Waals surface area contributed by atoms with E-state index >= 15 is 0 Å². The van der Waals surface area contributed by atoms with E-state index in [-0.39, 0.29) is 23.0 Å². The first-order valence-electron chi connectivity index (χ1n) is 5.70. The lowest BCUT2D eigenvalue weighted by Crippen LogP contribution is -2.14. The van der Waals surface area contributed by atoms with Crippen molar-refractivity contribution in [1.82, 2.24) is 14.6 Å². The molecule has 0 saturated heterocycles. The number of fused-ring (bicyclic) bond motifs is 1. The van der Waals surface area contributed by atoms with Gasteiger partial charge in [-0.3, -0.25) is 0 Å². The summed E-state index contributed by atoms with van der Waals surface area (Å²) in [6.45, 7) is 1.74. The number of halogens is 5. The molecule has 0 atom stereocenters. The molecule has 21 heavy (non-hydrogen) atoms. The van der Waals surface area contributed by atoms with Crippen LogP contribution in [0, 0.1) is 0 Å². The predicted octanol–water partition coefficient (Wildman–Crippen LogP) is 3.32. The highest BCUT2D eigenvalue weighted by Gasteiger charge is 2.32. The van der Waals surface area contributed by atoms with Crippen LogP contribution >= 0.6 is 23.2 Å². The lowest BCUT2D eigenvalue weighted by molar-refractivity contribution is -0.127. The van der Waals surface area contributed by atoms with Crippen molar-refractivity contribution in [3.63, 3.8) is 0 Å². The quantitative estimate of drug-likeness (QED) is 0.634. The number of esters is 1. The van der Waals surface area contributed by atoms with Gasteiger partial charge in [0.2, 0.25) is 0 Å². The monoisotopic (exact) mass is 341 g/mol. The molecule has 0 aliphatic carbocycles. The van der Waals surface area contributed by atoms with E-state index in [1.165, 1.54) is 0 Å². The molecule has 2 rings (SSSR count). The zero-order valence-electron chi connectivity index (χ0n) is 10.5. The van der Waals surface area contributed by atoms with Gasteiger partial charge in [0.05, 0.1) is 19.2 Å². The number of rotatable bonds is 3. The molecule has 0 radical (unpaired) electrons. The van der Waals surface area contributed by atoms with Crippen LogP contribution in [0.4, 0.5) is 13.2 Å². The summed E-state index contributed by atoms with van der Waals surface area (Å²) >= 11 is 11.6. The van der Waals surface area contributed by atoms with Crippen molar-refractivity contribution in [2.45, 2.75) is 19.5 Å². The molecular weight excluding hydrogens is 334 g/mol.